The SMILES string of the molecule is CCCC(N)CS(=O)C1CCOC1C. The molecule has 0 aliphatic carbocycles. The summed E-state index contributed by atoms with van der Waals surface area (Å²) in [6, 6.07) is 0.0913. The third kappa shape index (κ3) is 3.33. The molecule has 4 heteroatoms. The first-order valence-electron chi connectivity index (χ1n) is 5.39. The highest BCUT2D eigenvalue weighted by molar-refractivity contribution is 7.85. The zero-order valence-corrected chi connectivity index (χ0v) is 9.89. The Bertz CT molecular complexity index is 199. The van der Waals surface area contributed by atoms with E-state index < -0.39 is 10.8 Å². The summed E-state index contributed by atoms with van der Waals surface area (Å²) in [5.41, 5.74) is 5.86. The molecule has 3 nitrogen and oxygen atoms in total. The van der Waals surface area contributed by atoms with Crippen LogP contribution in [0, 0.1) is 0 Å². The zero-order valence-electron chi connectivity index (χ0n) is 9.07. The maximum Gasteiger partial charge on any atom is 0.0691 e. The highest BCUT2D eigenvalue weighted by atomic mass is 32.2. The molecule has 2 N–H and O–H groups in total. The summed E-state index contributed by atoms with van der Waals surface area (Å²) in [7, 11) is -0.807. The molecule has 0 aromatic carbocycles. The predicted octanol–water partition coefficient (Wildman–Crippen LogP) is 1.04. The summed E-state index contributed by atoms with van der Waals surface area (Å²) >= 11 is 0. The zero-order chi connectivity index (χ0) is 10.6. The fourth-order valence-electron chi connectivity index (χ4n) is 1.85. The lowest BCUT2D eigenvalue weighted by atomic mass is 10.2. The van der Waals surface area contributed by atoms with Gasteiger partial charge in [-0.15, -0.1) is 0 Å². The summed E-state index contributed by atoms with van der Waals surface area (Å²) in [4.78, 5) is 0. The molecule has 1 saturated heterocycles. The van der Waals surface area contributed by atoms with E-state index in [-0.39, 0.29) is 17.4 Å². The summed E-state index contributed by atoms with van der Waals surface area (Å²) in [6.07, 6.45) is 3.10. The van der Waals surface area contributed by atoms with Gasteiger partial charge in [0.05, 0.1) is 11.4 Å². The van der Waals surface area contributed by atoms with Crippen molar-refractivity contribution in [2.24, 2.45) is 5.73 Å². The van der Waals surface area contributed by atoms with Gasteiger partial charge in [-0.1, -0.05) is 13.3 Å². The van der Waals surface area contributed by atoms with Gasteiger partial charge in [-0.2, -0.15) is 0 Å². The summed E-state index contributed by atoms with van der Waals surface area (Å²) in [6.45, 7) is 4.85. The van der Waals surface area contributed by atoms with Crippen molar-refractivity contribution >= 4 is 10.8 Å². The van der Waals surface area contributed by atoms with Crippen molar-refractivity contribution in [2.75, 3.05) is 12.4 Å². The Morgan fingerprint density at radius 2 is 2.36 bits per heavy atom. The van der Waals surface area contributed by atoms with Crippen molar-refractivity contribution in [1.82, 2.24) is 0 Å². The third-order valence-electron chi connectivity index (χ3n) is 2.68. The van der Waals surface area contributed by atoms with Crippen molar-refractivity contribution in [3.63, 3.8) is 0 Å². The molecule has 0 bridgehead atoms. The molecular weight excluding hydrogens is 198 g/mol. The Morgan fingerprint density at radius 3 is 2.86 bits per heavy atom. The second-order valence-electron chi connectivity index (χ2n) is 4.00. The standard InChI is InChI=1S/C10H21NO2S/c1-3-4-9(11)7-14(12)10-5-6-13-8(10)2/h8-10H,3-7,11H2,1-2H3. The molecule has 0 radical (unpaired) electrons. The molecule has 0 spiro atoms. The van der Waals surface area contributed by atoms with E-state index in [1.807, 2.05) is 6.92 Å². The van der Waals surface area contributed by atoms with Crippen LogP contribution in [0.2, 0.25) is 0 Å². The van der Waals surface area contributed by atoms with Gasteiger partial charge in [0.15, 0.2) is 0 Å². The number of ether oxygens (including phenoxy) is 1. The van der Waals surface area contributed by atoms with E-state index in [0.717, 1.165) is 25.9 Å². The number of rotatable bonds is 5. The van der Waals surface area contributed by atoms with Crippen molar-refractivity contribution in [3.05, 3.63) is 0 Å². The van der Waals surface area contributed by atoms with Gasteiger partial charge in [0, 0.05) is 29.2 Å². The topological polar surface area (TPSA) is 52.3 Å². The maximum atomic E-state index is 11.9. The van der Waals surface area contributed by atoms with Crippen LogP contribution in [0.15, 0.2) is 0 Å². The average molecular weight is 219 g/mol. The monoisotopic (exact) mass is 219 g/mol. The minimum atomic E-state index is -0.807. The first-order valence-corrected chi connectivity index (χ1v) is 6.77. The maximum absolute atomic E-state index is 11.9. The number of nitrogens with two attached hydrogens (primary N) is 1. The molecule has 0 saturated carbocycles. The molecule has 1 rings (SSSR count). The Kier molecular flexibility index (Phi) is 5.06. The van der Waals surface area contributed by atoms with Gasteiger partial charge in [-0.25, -0.2) is 0 Å². The molecule has 0 aromatic heterocycles. The first-order chi connectivity index (χ1) is 6.65. The fourth-order valence-corrected chi connectivity index (χ4v) is 3.55. The normalized spacial score (nSPS) is 31.6. The predicted molar refractivity (Wildman–Crippen MR) is 59.7 cm³/mol. The van der Waals surface area contributed by atoms with Crippen molar-refractivity contribution in [1.29, 1.82) is 0 Å². The lowest BCUT2D eigenvalue weighted by molar-refractivity contribution is 0.127. The molecule has 14 heavy (non-hydrogen) atoms. The molecule has 0 aromatic rings. The van der Waals surface area contributed by atoms with Crippen LogP contribution in [0.4, 0.5) is 0 Å². The second-order valence-corrected chi connectivity index (χ2v) is 5.70. The highest BCUT2D eigenvalue weighted by Crippen LogP contribution is 2.19. The van der Waals surface area contributed by atoms with E-state index in [1.165, 1.54) is 0 Å². The molecule has 4 atom stereocenters. The minimum absolute atomic E-state index is 0.0913. The van der Waals surface area contributed by atoms with Crippen LogP contribution < -0.4 is 5.73 Å². The summed E-state index contributed by atoms with van der Waals surface area (Å²) in [5, 5.41) is 0.206. The molecular formula is C10H21NO2S. The first kappa shape index (κ1) is 12.1. The number of hydrogen-bond donors (Lipinski definition) is 1. The van der Waals surface area contributed by atoms with Gasteiger partial charge >= 0.3 is 0 Å². The lowest BCUT2D eigenvalue weighted by Crippen LogP contribution is -2.33. The highest BCUT2D eigenvalue weighted by Gasteiger charge is 2.30. The summed E-state index contributed by atoms with van der Waals surface area (Å²) < 4.78 is 17.3. The smallest absolute Gasteiger partial charge is 0.0691 e. The third-order valence-corrected chi connectivity index (χ3v) is 4.73. The quantitative estimate of drug-likeness (QED) is 0.751. The van der Waals surface area contributed by atoms with Crippen LogP contribution in [-0.4, -0.2) is 34.0 Å². The van der Waals surface area contributed by atoms with Crippen LogP contribution in [0.1, 0.15) is 33.1 Å². The lowest BCUT2D eigenvalue weighted by Gasteiger charge is -2.16. The van der Waals surface area contributed by atoms with Crippen molar-refractivity contribution in [2.45, 2.75) is 50.5 Å². The van der Waals surface area contributed by atoms with Crippen LogP contribution in [0.25, 0.3) is 0 Å². The Labute approximate surface area is 88.8 Å². The molecule has 1 fully saturated rings. The van der Waals surface area contributed by atoms with E-state index in [1.54, 1.807) is 0 Å². The summed E-state index contributed by atoms with van der Waals surface area (Å²) in [5.74, 6) is 0.631. The van der Waals surface area contributed by atoms with Crippen molar-refractivity contribution < 1.29 is 8.95 Å². The van der Waals surface area contributed by atoms with Crippen LogP contribution in [-0.2, 0) is 15.5 Å². The van der Waals surface area contributed by atoms with E-state index in [4.69, 9.17) is 10.5 Å². The van der Waals surface area contributed by atoms with Gasteiger partial charge in [0.1, 0.15) is 0 Å². The minimum Gasteiger partial charge on any atom is -0.377 e. The van der Waals surface area contributed by atoms with Crippen LogP contribution >= 0.6 is 0 Å². The molecule has 4 unspecified atom stereocenters. The average Bonchev–Trinajstić information content (AvgIpc) is 2.51. The second kappa shape index (κ2) is 5.83. The molecule has 1 aliphatic heterocycles. The molecule has 1 aliphatic rings. The van der Waals surface area contributed by atoms with Crippen LogP contribution in [0.3, 0.4) is 0 Å². The van der Waals surface area contributed by atoms with Crippen LogP contribution in [0.5, 0.6) is 0 Å². The molecule has 1 heterocycles. The molecule has 84 valence electrons. The van der Waals surface area contributed by atoms with E-state index in [9.17, 15) is 4.21 Å². The Hall–Kier alpha value is 0.0700. The largest absolute Gasteiger partial charge is 0.377 e. The van der Waals surface area contributed by atoms with Gasteiger partial charge in [0.2, 0.25) is 0 Å². The fraction of sp³-hybridized carbons (Fsp3) is 1.00. The van der Waals surface area contributed by atoms with E-state index >= 15 is 0 Å². The van der Waals surface area contributed by atoms with Gasteiger partial charge in [-0.05, 0) is 19.8 Å². The van der Waals surface area contributed by atoms with Gasteiger partial charge < -0.3 is 10.5 Å². The van der Waals surface area contributed by atoms with Crippen molar-refractivity contribution in [3.8, 4) is 0 Å². The van der Waals surface area contributed by atoms with Gasteiger partial charge in [-0.3, -0.25) is 4.21 Å². The Balaban J connectivity index is 2.33. The van der Waals surface area contributed by atoms with E-state index in [0.29, 0.717) is 5.75 Å². The number of hydrogen-bond acceptors (Lipinski definition) is 3. The van der Waals surface area contributed by atoms with Gasteiger partial charge in [0.25, 0.3) is 0 Å². The van der Waals surface area contributed by atoms with E-state index in [2.05, 4.69) is 6.92 Å². The molecule has 0 amide bonds. The Morgan fingerprint density at radius 1 is 1.64 bits per heavy atom.